The molecule has 0 aliphatic carbocycles. The smallest absolute Gasteiger partial charge is 0.266 e. The van der Waals surface area contributed by atoms with E-state index in [0.717, 1.165) is 60.6 Å². The van der Waals surface area contributed by atoms with Crippen molar-refractivity contribution in [1.29, 1.82) is 0 Å². The Hall–Kier alpha value is -2.99. The molecule has 0 unspecified atom stereocenters. The maximum atomic E-state index is 13.7. The number of likely N-dealkylation sites (tertiary alicyclic amines) is 2. The van der Waals surface area contributed by atoms with Crippen LogP contribution >= 0.6 is 11.3 Å². The number of benzene rings is 2. The summed E-state index contributed by atoms with van der Waals surface area (Å²) in [5, 5.41) is 0.856. The molecule has 2 amide bonds. The lowest BCUT2D eigenvalue weighted by Gasteiger charge is -2.34. The zero-order chi connectivity index (χ0) is 23.3. The van der Waals surface area contributed by atoms with Crippen molar-refractivity contribution in [2.24, 2.45) is 5.92 Å². The van der Waals surface area contributed by atoms with Gasteiger partial charge in [0, 0.05) is 43.2 Å². The number of nitrogens with zero attached hydrogens (tertiary/aromatic N) is 3. The summed E-state index contributed by atoms with van der Waals surface area (Å²) >= 11 is 1.46. The van der Waals surface area contributed by atoms with Crippen molar-refractivity contribution in [3.8, 4) is 21.8 Å². The predicted molar refractivity (Wildman–Crippen MR) is 137 cm³/mol. The van der Waals surface area contributed by atoms with Crippen LogP contribution in [0.2, 0.25) is 0 Å². The lowest BCUT2D eigenvalue weighted by atomic mass is 9.95. The van der Waals surface area contributed by atoms with Crippen molar-refractivity contribution < 1.29 is 9.59 Å². The van der Waals surface area contributed by atoms with E-state index in [1.54, 1.807) is 0 Å². The van der Waals surface area contributed by atoms with Gasteiger partial charge in [-0.25, -0.2) is 4.98 Å². The molecule has 0 bridgehead atoms. The van der Waals surface area contributed by atoms with Crippen LogP contribution in [-0.4, -0.2) is 52.8 Å². The van der Waals surface area contributed by atoms with E-state index in [4.69, 9.17) is 4.98 Å². The third-order valence-electron chi connectivity index (χ3n) is 6.94. The second kappa shape index (κ2) is 10.5. The van der Waals surface area contributed by atoms with Gasteiger partial charge in [0.25, 0.3) is 5.91 Å². The Balaban J connectivity index is 1.33. The van der Waals surface area contributed by atoms with Gasteiger partial charge in [-0.3, -0.25) is 9.59 Å². The number of piperidine rings is 1. The largest absolute Gasteiger partial charge is 0.342 e. The second-order valence-corrected chi connectivity index (χ2v) is 10.2. The lowest BCUT2D eigenvalue weighted by molar-refractivity contribution is -0.136. The van der Waals surface area contributed by atoms with Gasteiger partial charge in [0.2, 0.25) is 5.91 Å². The van der Waals surface area contributed by atoms with Gasteiger partial charge in [0.1, 0.15) is 9.88 Å². The van der Waals surface area contributed by atoms with E-state index in [1.165, 1.54) is 24.2 Å². The minimum Gasteiger partial charge on any atom is -0.342 e. The van der Waals surface area contributed by atoms with Crippen LogP contribution in [0.3, 0.4) is 0 Å². The Kier molecular flexibility index (Phi) is 7.05. The van der Waals surface area contributed by atoms with Gasteiger partial charge in [-0.1, -0.05) is 73.5 Å². The monoisotopic (exact) mass is 473 g/mol. The van der Waals surface area contributed by atoms with E-state index in [1.807, 2.05) is 65.6 Å². The van der Waals surface area contributed by atoms with Crippen molar-refractivity contribution >= 4 is 23.2 Å². The average Bonchev–Trinajstić information content (AvgIpc) is 3.17. The Bertz CT molecular complexity index is 1110. The first-order valence-electron chi connectivity index (χ1n) is 12.4. The summed E-state index contributed by atoms with van der Waals surface area (Å²) in [4.78, 5) is 36.3. The van der Waals surface area contributed by atoms with Crippen LogP contribution in [-0.2, 0) is 4.79 Å². The fourth-order valence-corrected chi connectivity index (χ4v) is 6.04. The molecule has 6 heteroatoms. The van der Waals surface area contributed by atoms with E-state index in [2.05, 4.69) is 4.90 Å². The number of amides is 2. The molecule has 3 aromatic rings. The van der Waals surface area contributed by atoms with Gasteiger partial charge in [-0.15, -0.1) is 11.3 Å². The summed E-state index contributed by atoms with van der Waals surface area (Å²) in [5.74, 6) is 0.361. The molecule has 0 N–H and O–H groups in total. The van der Waals surface area contributed by atoms with E-state index in [-0.39, 0.29) is 11.8 Å². The summed E-state index contributed by atoms with van der Waals surface area (Å²) in [7, 11) is 0. The Morgan fingerprint density at radius 3 is 1.94 bits per heavy atom. The fraction of sp³-hybridized carbons (Fsp3) is 0.393. The molecule has 2 aromatic carbocycles. The summed E-state index contributed by atoms with van der Waals surface area (Å²) in [6, 6.07) is 20.0. The third kappa shape index (κ3) is 4.92. The molecule has 2 saturated heterocycles. The Morgan fingerprint density at radius 2 is 1.32 bits per heavy atom. The van der Waals surface area contributed by atoms with Crippen LogP contribution in [0, 0.1) is 5.92 Å². The zero-order valence-electron chi connectivity index (χ0n) is 19.5. The zero-order valence-corrected chi connectivity index (χ0v) is 20.3. The second-order valence-electron chi connectivity index (χ2n) is 9.23. The quantitative estimate of drug-likeness (QED) is 0.486. The van der Waals surface area contributed by atoms with Gasteiger partial charge in [0.15, 0.2) is 0 Å². The van der Waals surface area contributed by atoms with Crippen LogP contribution in [0.15, 0.2) is 60.7 Å². The van der Waals surface area contributed by atoms with Crippen LogP contribution in [0.1, 0.15) is 48.2 Å². The molecular weight excluding hydrogens is 442 g/mol. The maximum absolute atomic E-state index is 13.7. The number of carbonyl (C=O) groups excluding carboxylic acids is 2. The molecule has 176 valence electrons. The number of hydrogen-bond acceptors (Lipinski definition) is 4. The molecule has 0 atom stereocenters. The average molecular weight is 474 g/mol. The van der Waals surface area contributed by atoms with E-state index >= 15 is 0 Å². The summed E-state index contributed by atoms with van der Waals surface area (Å²) < 4.78 is 0. The molecule has 0 radical (unpaired) electrons. The number of hydrogen-bond donors (Lipinski definition) is 0. The van der Waals surface area contributed by atoms with Crippen LogP contribution in [0.25, 0.3) is 21.8 Å². The minimum atomic E-state index is 0.0270. The van der Waals surface area contributed by atoms with E-state index in [9.17, 15) is 9.59 Å². The van der Waals surface area contributed by atoms with Gasteiger partial charge in [-0.05, 0) is 25.7 Å². The molecule has 2 aliphatic rings. The van der Waals surface area contributed by atoms with Crippen LogP contribution in [0.5, 0.6) is 0 Å². The third-order valence-corrected chi connectivity index (χ3v) is 8.03. The van der Waals surface area contributed by atoms with Gasteiger partial charge < -0.3 is 9.80 Å². The highest BCUT2D eigenvalue weighted by molar-refractivity contribution is 7.17. The standard InChI is InChI=1S/C28H31N3O2S/c32-27(30-17-9-1-2-10-18-30)23-15-19-31(20-16-23)28(33)25-24(21-11-5-3-6-12-21)29-26(34-25)22-13-7-4-8-14-22/h3-8,11-14,23H,1-2,9-10,15-20H2. The highest BCUT2D eigenvalue weighted by atomic mass is 32.1. The number of carbonyl (C=O) groups is 2. The normalized spacial score (nSPS) is 17.4. The van der Waals surface area contributed by atoms with E-state index in [0.29, 0.717) is 23.9 Å². The summed E-state index contributed by atoms with van der Waals surface area (Å²) in [6.45, 7) is 3.02. The number of thiazole rings is 1. The molecule has 34 heavy (non-hydrogen) atoms. The van der Waals surface area contributed by atoms with Gasteiger partial charge in [-0.2, -0.15) is 0 Å². The highest BCUT2D eigenvalue weighted by Crippen LogP contribution is 2.35. The molecular formula is C28H31N3O2S. The molecule has 5 nitrogen and oxygen atoms in total. The Morgan fingerprint density at radius 1 is 0.735 bits per heavy atom. The molecule has 2 aliphatic heterocycles. The van der Waals surface area contributed by atoms with E-state index < -0.39 is 0 Å². The molecule has 0 saturated carbocycles. The highest BCUT2D eigenvalue weighted by Gasteiger charge is 2.32. The maximum Gasteiger partial charge on any atom is 0.266 e. The number of rotatable bonds is 4. The van der Waals surface area contributed by atoms with Crippen molar-refractivity contribution in [3.05, 3.63) is 65.5 Å². The summed E-state index contributed by atoms with van der Waals surface area (Å²) in [5.41, 5.74) is 2.72. The molecule has 2 fully saturated rings. The Labute approximate surface area is 205 Å². The number of aromatic nitrogens is 1. The molecule has 3 heterocycles. The molecule has 0 spiro atoms. The minimum absolute atomic E-state index is 0.0270. The topological polar surface area (TPSA) is 53.5 Å². The summed E-state index contributed by atoms with van der Waals surface area (Å²) in [6.07, 6.45) is 6.15. The van der Waals surface area contributed by atoms with Crippen molar-refractivity contribution in [1.82, 2.24) is 14.8 Å². The van der Waals surface area contributed by atoms with Crippen molar-refractivity contribution in [3.63, 3.8) is 0 Å². The SMILES string of the molecule is O=C(c1sc(-c2ccccc2)nc1-c1ccccc1)N1CCC(C(=O)N2CCCCCC2)CC1. The first kappa shape index (κ1) is 22.8. The van der Waals surface area contributed by atoms with Crippen LogP contribution in [0.4, 0.5) is 0 Å². The fourth-order valence-electron chi connectivity index (χ4n) is 4.98. The first-order valence-corrected chi connectivity index (χ1v) is 13.2. The first-order chi connectivity index (χ1) is 16.7. The van der Waals surface area contributed by atoms with Crippen molar-refractivity contribution in [2.75, 3.05) is 26.2 Å². The van der Waals surface area contributed by atoms with Gasteiger partial charge >= 0.3 is 0 Å². The molecule has 5 rings (SSSR count). The predicted octanol–water partition coefficient (Wildman–Crippen LogP) is 5.73. The van der Waals surface area contributed by atoms with Crippen molar-refractivity contribution in [2.45, 2.75) is 38.5 Å². The molecule has 1 aromatic heterocycles. The van der Waals surface area contributed by atoms with Crippen LogP contribution < -0.4 is 0 Å². The van der Waals surface area contributed by atoms with Gasteiger partial charge in [0.05, 0.1) is 5.69 Å². The lowest BCUT2D eigenvalue weighted by Crippen LogP contribution is -2.44.